The van der Waals surface area contributed by atoms with E-state index in [9.17, 15) is 9.18 Å². The fourth-order valence-corrected chi connectivity index (χ4v) is 2.23. The minimum atomic E-state index is -0.280. The molecular formula is C9H7FN2OS2. The summed E-state index contributed by atoms with van der Waals surface area (Å²) in [6.07, 6.45) is 0. The Morgan fingerprint density at radius 1 is 1.40 bits per heavy atom. The summed E-state index contributed by atoms with van der Waals surface area (Å²) < 4.78 is 14.3. The fourth-order valence-electron chi connectivity index (χ4n) is 1.12. The summed E-state index contributed by atoms with van der Waals surface area (Å²) in [5.74, 6) is -0.396. The number of amides is 1. The third-order valence-electron chi connectivity index (χ3n) is 1.79. The summed E-state index contributed by atoms with van der Waals surface area (Å²) in [5, 5.41) is 2.92. The Bertz CT molecular complexity index is 407. The van der Waals surface area contributed by atoms with Crippen LogP contribution in [0.3, 0.4) is 0 Å². The second kappa shape index (κ2) is 4.16. The molecule has 6 heteroatoms. The normalized spacial score (nSPS) is 15.7. The standard InChI is InChI=1S/C9H7FN2OS2/c10-6-1-3-7(4-2-6)15-12-5-8(13)11-9(12)14/h1-4H,5H2,(H,11,13,14). The van der Waals surface area contributed by atoms with Crippen molar-refractivity contribution in [3.05, 3.63) is 30.1 Å². The van der Waals surface area contributed by atoms with E-state index in [-0.39, 0.29) is 18.3 Å². The minimum absolute atomic E-state index is 0.116. The van der Waals surface area contributed by atoms with Crippen molar-refractivity contribution in [1.29, 1.82) is 0 Å². The lowest BCUT2D eigenvalue weighted by molar-refractivity contribution is -0.118. The molecule has 78 valence electrons. The average molecular weight is 242 g/mol. The van der Waals surface area contributed by atoms with E-state index in [1.807, 2.05) is 0 Å². The van der Waals surface area contributed by atoms with E-state index in [2.05, 4.69) is 5.32 Å². The Morgan fingerprint density at radius 3 is 2.60 bits per heavy atom. The van der Waals surface area contributed by atoms with Gasteiger partial charge in [-0.05, 0) is 48.4 Å². The molecule has 0 atom stereocenters. The fraction of sp³-hybridized carbons (Fsp3) is 0.111. The zero-order valence-corrected chi connectivity index (χ0v) is 9.20. The molecule has 0 saturated carbocycles. The van der Waals surface area contributed by atoms with E-state index >= 15 is 0 Å². The van der Waals surface area contributed by atoms with Crippen LogP contribution in [0.5, 0.6) is 0 Å². The zero-order valence-electron chi connectivity index (χ0n) is 7.57. The van der Waals surface area contributed by atoms with Gasteiger partial charge in [0.1, 0.15) is 12.4 Å². The molecule has 0 radical (unpaired) electrons. The topological polar surface area (TPSA) is 32.3 Å². The van der Waals surface area contributed by atoms with Crippen molar-refractivity contribution < 1.29 is 9.18 Å². The Labute approximate surface area is 95.8 Å². The first-order valence-corrected chi connectivity index (χ1v) is 5.38. The van der Waals surface area contributed by atoms with Crippen molar-refractivity contribution in [3.63, 3.8) is 0 Å². The summed E-state index contributed by atoms with van der Waals surface area (Å²) in [5.41, 5.74) is 0. The molecule has 3 nitrogen and oxygen atoms in total. The summed E-state index contributed by atoms with van der Waals surface area (Å²) in [6, 6.07) is 6.03. The van der Waals surface area contributed by atoms with E-state index in [4.69, 9.17) is 12.2 Å². The molecule has 1 saturated heterocycles. The van der Waals surface area contributed by atoms with Crippen molar-refractivity contribution in [3.8, 4) is 0 Å². The Kier molecular flexibility index (Phi) is 2.88. The van der Waals surface area contributed by atoms with Crippen LogP contribution in [0.15, 0.2) is 29.2 Å². The smallest absolute Gasteiger partial charge is 0.246 e. The summed E-state index contributed by atoms with van der Waals surface area (Å²) in [6.45, 7) is 0.237. The van der Waals surface area contributed by atoms with Gasteiger partial charge in [0.2, 0.25) is 5.91 Å². The average Bonchev–Trinajstić information content (AvgIpc) is 2.49. The quantitative estimate of drug-likeness (QED) is 0.630. The zero-order chi connectivity index (χ0) is 10.8. The van der Waals surface area contributed by atoms with E-state index in [0.717, 1.165) is 4.90 Å². The molecule has 15 heavy (non-hydrogen) atoms. The van der Waals surface area contributed by atoms with Gasteiger partial charge in [0.05, 0.1) is 0 Å². The van der Waals surface area contributed by atoms with Gasteiger partial charge in [-0.15, -0.1) is 0 Å². The maximum absolute atomic E-state index is 12.6. The molecule has 0 aliphatic carbocycles. The van der Waals surface area contributed by atoms with Crippen molar-refractivity contribution in [2.45, 2.75) is 4.90 Å². The SMILES string of the molecule is O=C1CN(Sc2ccc(F)cc2)C(=S)N1. The lowest BCUT2D eigenvalue weighted by Crippen LogP contribution is -2.22. The number of benzene rings is 1. The number of nitrogens with zero attached hydrogens (tertiary/aromatic N) is 1. The summed E-state index contributed by atoms with van der Waals surface area (Å²) in [7, 11) is 0. The number of rotatable bonds is 2. The molecule has 1 amide bonds. The van der Waals surface area contributed by atoms with E-state index in [1.165, 1.54) is 24.1 Å². The second-order valence-electron chi connectivity index (χ2n) is 2.94. The molecule has 0 bridgehead atoms. The first-order valence-electron chi connectivity index (χ1n) is 4.20. The number of carbonyl (C=O) groups is 1. The van der Waals surface area contributed by atoms with Gasteiger partial charge in [-0.1, -0.05) is 0 Å². The highest BCUT2D eigenvalue weighted by molar-refractivity contribution is 7.98. The van der Waals surface area contributed by atoms with Crippen LogP contribution in [0.2, 0.25) is 0 Å². The number of thiocarbonyl (C=S) groups is 1. The van der Waals surface area contributed by atoms with Gasteiger partial charge in [-0.25, -0.2) is 4.39 Å². The highest BCUT2D eigenvalue weighted by atomic mass is 32.2. The number of carbonyl (C=O) groups excluding carboxylic acids is 1. The lowest BCUT2D eigenvalue weighted by atomic mass is 10.4. The predicted molar refractivity (Wildman–Crippen MR) is 59.7 cm³/mol. The lowest BCUT2D eigenvalue weighted by Gasteiger charge is -2.13. The Hall–Kier alpha value is -1.14. The highest BCUT2D eigenvalue weighted by Crippen LogP contribution is 2.24. The number of nitrogens with one attached hydrogen (secondary N) is 1. The van der Waals surface area contributed by atoms with Gasteiger partial charge in [-0.2, -0.15) is 0 Å². The molecule has 2 rings (SSSR count). The monoisotopic (exact) mass is 242 g/mol. The summed E-state index contributed by atoms with van der Waals surface area (Å²) in [4.78, 5) is 11.8. The van der Waals surface area contributed by atoms with Crippen molar-refractivity contribution in [2.75, 3.05) is 6.54 Å². The number of hydrogen-bond acceptors (Lipinski definition) is 3. The largest absolute Gasteiger partial charge is 0.301 e. The van der Waals surface area contributed by atoms with Crippen molar-refractivity contribution >= 4 is 35.2 Å². The molecule has 1 aromatic rings. The molecule has 1 aromatic carbocycles. The van der Waals surface area contributed by atoms with Crippen LogP contribution in [-0.4, -0.2) is 21.9 Å². The summed E-state index contributed by atoms with van der Waals surface area (Å²) >= 11 is 6.26. The first-order chi connectivity index (χ1) is 7.15. The van der Waals surface area contributed by atoms with Gasteiger partial charge in [-0.3, -0.25) is 9.10 Å². The van der Waals surface area contributed by atoms with Gasteiger partial charge in [0, 0.05) is 4.90 Å². The third-order valence-corrected chi connectivity index (χ3v) is 3.24. The van der Waals surface area contributed by atoms with Crippen LogP contribution < -0.4 is 5.32 Å². The van der Waals surface area contributed by atoms with Crippen LogP contribution in [0, 0.1) is 5.82 Å². The molecule has 1 aliphatic rings. The predicted octanol–water partition coefficient (Wildman–Crippen LogP) is 1.55. The van der Waals surface area contributed by atoms with Crippen molar-refractivity contribution in [2.24, 2.45) is 0 Å². The van der Waals surface area contributed by atoms with Crippen molar-refractivity contribution in [1.82, 2.24) is 9.62 Å². The van der Waals surface area contributed by atoms with Crippen LogP contribution in [0.1, 0.15) is 0 Å². The molecule has 1 N–H and O–H groups in total. The highest BCUT2D eigenvalue weighted by Gasteiger charge is 2.24. The molecule has 1 heterocycles. The van der Waals surface area contributed by atoms with Gasteiger partial charge < -0.3 is 5.32 Å². The molecule has 1 fully saturated rings. The van der Waals surface area contributed by atoms with Crippen LogP contribution in [0.4, 0.5) is 4.39 Å². The van der Waals surface area contributed by atoms with E-state index < -0.39 is 0 Å². The van der Waals surface area contributed by atoms with E-state index in [1.54, 1.807) is 16.4 Å². The molecule has 1 aliphatic heterocycles. The molecule has 0 unspecified atom stereocenters. The van der Waals surface area contributed by atoms with Crippen LogP contribution in [-0.2, 0) is 4.79 Å². The number of halogens is 1. The van der Waals surface area contributed by atoms with Gasteiger partial charge in [0.15, 0.2) is 5.11 Å². The minimum Gasteiger partial charge on any atom is -0.301 e. The van der Waals surface area contributed by atoms with Gasteiger partial charge in [0.25, 0.3) is 0 Å². The Morgan fingerprint density at radius 2 is 2.07 bits per heavy atom. The maximum atomic E-state index is 12.6. The first kappa shape index (κ1) is 10.4. The van der Waals surface area contributed by atoms with Crippen LogP contribution in [0.25, 0.3) is 0 Å². The van der Waals surface area contributed by atoms with E-state index in [0.29, 0.717) is 5.11 Å². The third kappa shape index (κ3) is 2.45. The number of hydrogen-bond donors (Lipinski definition) is 1. The molecule has 0 spiro atoms. The Balaban J connectivity index is 2.06. The molecular weight excluding hydrogens is 235 g/mol. The maximum Gasteiger partial charge on any atom is 0.246 e. The second-order valence-corrected chi connectivity index (χ2v) is 4.42. The molecule has 0 aromatic heterocycles. The van der Waals surface area contributed by atoms with Gasteiger partial charge >= 0.3 is 0 Å². The van der Waals surface area contributed by atoms with Crippen LogP contribution >= 0.6 is 24.2 Å².